The number of Topliss-reactive ketones (excluding diaryl/α,β-unsaturated/α-hetero) is 1. The van der Waals surface area contributed by atoms with E-state index in [4.69, 9.17) is 9.47 Å². The summed E-state index contributed by atoms with van der Waals surface area (Å²) in [5, 5.41) is 24.6. The normalized spacial score (nSPS) is 31.2. The first-order valence-electron chi connectivity index (χ1n) is 12.8. The predicted octanol–water partition coefficient (Wildman–Crippen LogP) is 2.54. The lowest BCUT2D eigenvalue weighted by molar-refractivity contribution is -0.159. The molecule has 3 rings (SSSR count). The molecule has 8 atom stereocenters. The van der Waals surface area contributed by atoms with E-state index in [1.807, 2.05) is 37.3 Å². The zero-order chi connectivity index (χ0) is 28.3. The van der Waals surface area contributed by atoms with Crippen LogP contribution in [0.5, 0.6) is 0 Å². The van der Waals surface area contributed by atoms with E-state index in [9.17, 15) is 29.4 Å². The number of amides is 1. The summed E-state index contributed by atoms with van der Waals surface area (Å²) in [6, 6.07) is 9.17. The van der Waals surface area contributed by atoms with Gasteiger partial charge in [-0.3, -0.25) is 9.59 Å². The van der Waals surface area contributed by atoms with E-state index in [2.05, 4.69) is 11.9 Å². The highest BCUT2D eigenvalue weighted by atomic mass is 16.7. The van der Waals surface area contributed by atoms with Crippen LogP contribution in [0.3, 0.4) is 0 Å². The molecule has 0 spiro atoms. The highest BCUT2D eigenvalue weighted by Gasteiger charge is 2.68. The maximum absolute atomic E-state index is 13.7. The Morgan fingerprint density at radius 1 is 1.29 bits per heavy atom. The van der Waals surface area contributed by atoms with Crippen LogP contribution in [-0.2, 0) is 30.3 Å². The van der Waals surface area contributed by atoms with Gasteiger partial charge in [-0.25, -0.2) is 4.79 Å². The quantitative estimate of drug-likeness (QED) is 0.240. The van der Waals surface area contributed by atoms with Gasteiger partial charge in [0.2, 0.25) is 5.60 Å². The summed E-state index contributed by atoms with van der Waals surface area (Å²) >= 11 is 0. The van der Waals surface area contributed by atoms with Crippen molar-refractivity contribution in [3.63, 3.8) is 0 Å². The molecule has 1 aliphatic heterocycles. The number of carbonyl (C=O) groups excluding carboxylic acids is 4. The SMILES string of the molecule is C=C1C(O)C(/C=C/CC(C)C(=O)C(C)(O)CC=O)C2(OC(=O)OC)C(=O)NC(Cc3ccccc3)[C@@H]2C1C. The number of aliphatic hydroxyl groups excluding tert-OH is 1. The molecule has 0 aromatic heterocycles. The molecule has 1 aliphatic carbocycles. The van der Waals surface area contributed by atoms with Gasteiger partial charge in [-0.15, -0.1) is 0 Å². The summed E-state index contributed by atoms with van der Waals surface area (Å²) in [6.07, 6.45) is 1.73. The van der Waals surface area contributed by atoms with Gasteiger partial charge in [-0.1, -0.05) is 62.9 Å². The minimum atomic E-state index is -1.79. The van der Waals surface area contributed by atoms with Crippen LogP contribution in [0.1, 0.15) is 39.2 Å². The Balaban J connectivity index is 1.98. The van der Waals surface area contributed by atoms with Gasteiger partial charge in [-0.2, -0.15) is 0 Å². The fourth-order valence-electron chi connectivity index (χ4n) is 5.87. The Kier molecular flexibility index (Phi) is 8.94. The summed E-state index contributed by atoms with van der Waals surface area (Å²) in [7, 11) is 1.15. The number of hydrogen-bond acceptors (Lipinski definition) is 8. The molecule has 0 radical (unpaired) electrons. The molecule has 9 nitrogen and oxygen atoms in total. The molecule has 0 bridgehead atoms. The predicted molar refractivity (Wildman–Crippen MR) is 139 cm³/mol. The lowest BCUT2D eigenvalue weighted by Crippen LogP contribution is -2.61. The third-order valence-corrected chi connectivity index (χ3v) is 7.95. The van der Waals surface area contributed by atoms with Crippen LogP contribution < -0.4 is 5.32 Å². The molecule has 9 heteroatoms. The number of ether oxygens (including phenoxy) is 2. The van der Waals surface area contributed by atoms with Gasteiger partial charge in [0.15, 0.2) is 5.78 Å². The average Bonchev–Trinajstić information content (AvgIpc) is 3.15. The second-order valence-corrected chi connectivity index (χ2v) is 10.6. The van der Waals surface area contributed by atoms with E-state index >= 15 is 0 Å². The van der Waals surface area contributed by atoms with E-state index in [-0.39, 0.29) is 18.8 Å². The molecule has 38 heavy (non-hydrogen) atoms. The van der Waals surface area contributed by atoms with E-state index in [0.29, 0.717) is 18.3 Å². The Labute approximate surface area is 222 Å². The van der Waals surface area contributed by atoms with Crippen LogP contribution in [0.4, 0.5) is 4.79 Å². The lowest BCUT2D eigenvalue weighted by atomic mass is 9.59. The molecular weight excluding hydrogens is 490 g/mol. The Morgan fingerprint density at radius 2 is 1.95 bits per heavy atom. The highest BCUT2D eigenvalue weighted by Crippen LogP contribution is 2.52. The number of rotatable bonds is 10. The number of benzene rings is 1. The topological polar surface area (TPSA) is 139 Å². The maximum atomic E-state index is 13.7. The fourth-order valence-corrected chi connectivity index (χ4v) is 5.87. The van der Waals surface area contributed by atoms with Gasteiger partial charge in [0.1, 0.15) is 11.9 Å². The first kappa shape index (κ1) is 29.3. The van der Waals surface area contributed by atoms with E-state index < -0.39 is 58.9 Å². The number of ketones is 1. The van der Waals surface area contributed by atoms with Crippen molar-refractivity contribution < 1.29 is 38.9 Å². The van der Waals surface area contributed by atoms with Crippen molar-refractivity contribution in [1.82, 2.24) is 5.32 Å². The van der Waals surface area contributed by atoms with Gasteiger partial charge in [0.25, 0.3) is 5.91 Å². The van der Waals surface area contributed by atoms with Gasteiger partial charge >= 0.3 is 6.16 Å². The van der Waals surface area contributed by atoms with Crippen LogP contribution in [0, 0.1) is 23.7 Å². The fraction of sp³-hybridized carbons (Fsp3) is 0.517. The van der Waals surface area contributed by atoms with E-state index in [0.717, 1.165) is 12.7 Å². The molecule has 1 aromatic carbocycles. The van der Waals surface area contributed by atoms with Crippen molar-refractivity contribution in [1.29, 1.82) is 0 Å². The lowest BCUT2D eigenvalue weighted by Gasteiger charge is -2.48. The van der Waals surface area contributed by atoms with Crippen molar-refractivity contribution in [2.75, 3.05) is 7.11 Å². The summed E-state index contributed by atoms with van der Waals surface area (Å²) in [6.45, 7) is 8.85. The summed E-state index contributed by atoms with van der Waals surface area (Å²) in [5.74, 6) is -3.65. The zero-order valence-electron chi connectivity index (χ0n) is 22.3. The third-order valence-electron chi connectivity index (χ3n) is 7.95. The van der Waals surface area contributed by atoms with Crippen LogP contribution in [0.15, 0.2) is 54.6 Å². The molecule has 206 valence electrons. The van der Waals surface area contributed by atoms with Crippen molar-refractivity contribution in [2.24, 2.45) is 23.7 Å². The van der Waals surface area contributed by atoms with Gasteiger partial charge in [0, 0.05) is 24.3 Å². The van der Waals surface area contributed by atoms with E-state index in [1.54, 1.807) is 19.1 Å². The van der Waals surface area contributed by atoms with Gasteiger partial charge < -0.3 is 29.8 Å². The average molecular weight is 528 g/mol. The van der Waals surface area contributed by atoms with Gasteiger partial charge in [-0.05, 0) is 36.8 Å². The molecule has 1 heterocycles. The molecule has 3 N–H and O–H groups in total. The van der Waals surface area contributed by atoms with Gasteiger partial charge in [0.05, 0.1) is 19.1 Å². The second-order valence-electron chi connectivity index (χ2n) is 10.6. The summed E-state index contributed by atoms with van der Waals surface area (Å²) < 4.78 is 10.5. The minimum absolute atomic E-state index is 0.160. The number of hydrogen-bond donors (Lipinski definition) is 3. The largest absolute Gasteiger partial charge is 0.509 e. The molecule has 1 aromatic rings. The van der Waals surface area contributed by atoms with Crippen LogP contribution in [0.25, 0.3) is 0 Å². The van der Waals surface area contributed by atoms with Crippen molar-refractivity contribution in [3.05, 3.63) is 60.2 Å². The maximum Gasteiger partial charge on any atom is 0.509 e. The molecular formula is C29H37NO8. The van der Waals surface area contributed by atoms with Crippen molar-refractivity contribution in [2.45, 2.75) is 63.4 Å². The zero-order valence-corrected chi connectivity index (χ0v) is 22.3. The number of carbonyl (C=O) groups is 4. The summed E-state index contributed by atoms with van der Waals surface area (Å²) in [4.78, 5) is 49.6. The van der Waals surface area contributed by atoms with E-state index in [1.165, 1.54) is 6.92 Å². The smallest absolute Gasteiger partial charge is 0.438 e. The van der Waals surface area contributed by atoms with Crippen molar-refractivity contribution >= 4 is 24.1 Å². The monoisotopic (exact) mass is 527 g/mol. The van der Waals surface area contributed by atoms with Crippen molar-refractivity contribution in [3.8, 4) is 0 Å². The molecule has 7 unspecified atom stereocenters. The number of fused-ring (bicyclic) bond motifs is 1. The molecule has 1 amide bonds. The molecule has 1 saturated heterocycles. The number of allylic oxidation sites excluding steroid dienone is 1. The van der Waals surface area contributed by atoms with Crippen LogP contribution in [0.2, 0.25) is 0 Å². The second kappa shape index (κ2) is 11.6. The summed E-state index contributed by atoms with van der Waals surface area (Å²) in [5.41, 5.74) is -2.09. The van der Waals surface area contributed by atoms with Crippen LogP contribution in [-0.4, -0.2) is 64.8 Å². The third kappa shape index (κ3) is 5.44. The molecule has 2 aliphatic rings. The molecule has 1 saturated carbocycles. The number of aldehydes is 1. The number of aliphatic hydroxyl groups is 2. The number of methoxy groups -OCH3 is 1. The first-order valence-corrected chi connectivity index (χ1v) is 12.8. The first-order chi connectivity index (χ1) is 17.9. The molecule has 2 fully saturated rings. The highest BCUT2D eigenvalue weighted by molar-refractivity contribution is 5.92. The minimum Gasteiger partial charge on any atom is -0.438 e. The number of nitrogens with one attached hydrogen (secondary N) is 1. The standard InChI is InChI=1S/C29H37NO8/c1-17(25(33)28(4,36)14-15-31)10-9-13-21-24(32)19(3)18(2)23-22(16-20-11-7-6-8-12-20)30-26(34)29(21,23)38-27(35)37-5/h6-9,11-13,15,17-18,21-24,32,36H,3,10,14,16H2,1-2,4-5H3,(H,30,34)/b13-9+/t17?,18?,21?,22?,23-,24?,28?,29?/m0/s1. The Hall–Kier alpha value is -3.30. The van der Waals surface area contributed by atoms with Crippen LogP contribution >= 0.6 is 0 Å². The Bertz CT molecular complexity index is 1100. The Morgan fingerprint density at radius 3 is 2.55 bits per heavy atom.